The van der Waals surface area contributed by atoms with Crippen molar-refractivity contribution in [3.63, 3.8) is 0 Å². The van der Waals surface area contributed by atoms with E-state index in [2.05, 4.69) is 0 Å². The Kier molecular flexibility index (Phi) is 6.09. The van der Waals surface area contributed by atoms with Gasteiger partial charge in [-0.1, -0.05) is 37.6 Å². The quantitative estimate of drug-likeness (QED) is 0.906. The second-order valence-electron chi connectivity index (χ2n) is 6.30. The van der Waals surface area contributed by atoms with Gasteiger partial charge in [0.25, 0.3) is 0 Å². The van der Waals surface area contributed by atoms with E-state index in [9.17, 15) is 4.79 Å². The predicted molar refractivity (Wildman–Crippen MR) is 89.1 cm³/mol. The molecule has 1 amide bonds. The van der Waals surface area contributed by atoms with Gasteiger partial charge in [0.1, 0.15) is 5.75 Å². The average Bonchev–Trinajstić information content (AvgIpc) is 2.53. The highest BCUT2D eigenvalue weighted by Gasteiger charge is 2.28. The van der Waals surface area contributed by atoms with Gasteiger partial charge in [-0.25, -0.2) is 0 Å². The van der Waals surface area contributed by atoms with E-state index < -0.39 is 6.04 Å². The first-order valence-corrected chi connectivity index (χ1v) is 8.28. The third kappa shape index (κ3) is 4.37. The van der Waals surface area contributed by atoms with Gasteiger partial charge >= 0.3 is 0 Å². The Hall–Kier alpha value is -1.26. The van der Waals surface area contributed by atoms with Gasteiger partial charge in [0.15, 0.2) is 0 Å². The highest BCUT2D eigenvalue weighted by atomic mass is 35.5. The number of carbonyl (C=O) groups is 1. The number of hydrogen-bond acceptors (Lipinski definition) is 3. The van der Waals surface area contributed by atoms with Crippen LogP contribution in [0, 0.1) is 11.8 Å². The van der Waals surface area contributed by atoms with E-state index in [0.717, 1.165) is 19.4 Å². The van der Waals surface area contributed by atoms with Crippen molar-refractivity contribution in [2.45, 2.75) is 32.7 Å². The van der Waals surface area contributed by atoms with Crippen molar-refractivity contribution in [1.82, 2.24) is 4.90 Å². The van der Waals surface area contributed by atoms with Crippen molar-refractivity contribution >= 4 is 17.5 Å². The van der Waals surface area contributed by atoms with Crippen LogP contribution in [0.5, 0.6) is 5.75 Å². The molecule has 1 saturated heterocycles. The summed E-state index contributed by atoms with van der Waals surface area (Å²) >= 11 is 6.09. The van der Waals surface area contributed by atoms with Gasteiger partial charge in [-0.2, -0.15) is 0 Å². The number of halogens is 1. The summed E-state index contributed by atoms with van der Waals surface area (Å²) in [6.07, 6.45) is 2.05. The molecular weight excluding hydrogens is 300 g/mol. The van der Waals surface area contributed by atoms with Crippen LogP contribution in [0.15, 0.2) is 24.3 Å². The molecule has 1 fully saturated rings. The van der Waals surface area contributed by atoms with Crippen LogP contribution in [0.4, 0.5) is 0 Å². The molecule has 5 heteroatoms. The zero-order chi connectivity index (χ0) is 16.1. The molecule has 0 bridgehead atoms. The first-order chi connectivity index (χ1) is 10.5. The van der Waals surface area contributed by atoms with Crippen LogP contribution >= 0.6 is 11.6 Å². The molecule has 0 aromatic heterocycles. The summed E-state index contributed by atoms with van der Waals surface area (Å²) in [7, 11) is 0. The molecule has 22 heavy (non-hydrogen) atoms. The highest BCUT2D eigenvalue weighted by Crippen LogP contribution is 2.25. The normalized spacial score (nSPS) is 20.0. The first-order valence-electron chi connectivity index (χ1n) is 7.90. The lowest BCUT2D eigenvalue weighted by Gasteiger charge is -2.34. The number of benzene rings is 1. The molecule has 2 N–H and O–H groups in total. The minimum Gasteiger partial charge on any atom is -0.492 e. The van der Waals surface area contributed by atoms with Crippen LogP contribution in [0.2, 0.25) is 5.02 Å². The Morgan fingerprint density at radius 3 is 2.86 bits per heavy atom. The fourth-order valence-corrected chi connectivity index (χ4v) is 2.86. The lowest BCUT2D eigenvalue weighted by atomic mass is 9.96. The van der Waals surface area contributed by atoms with Gasteiger partial charge in [0.05, 0.1) is 17.7 Å². The van der Waals surface area contributed by atoms with Crippen molar-refractivity contribution in [1.29, 1.82) is 0 Å². The molecule has 4 nitrogen and oxygen atoms in total. The number of amides is 1. The summed E-state index contributed by atoms with van der Waals surface area (Å²) < 4.78 is 5.81. The Morgan fingerprint density at radius 1 is 1.45 bits per heavy atom. The first kappa shape index (κ1) is 17.1. The zero-order valence-electron chi connectivity index (χ0n) is 13.3. The van der Waals surface area contributed by atoms with Crippen LogP contribution in [0.25, 0.3) is 0 Å². The van der Waals surface area contributed by atoms with E-state index in [4.69, 9.17) is 22.1 Å². The largest absolute Gasteiger partial charge is 0.492 e. The van der Waals surface area contributed by atoms with Crippen LogP contribution in [-0.4, -0.2) is 36.5 Å². The number of nitrogens with two attached hydrogens (primary N) is 1. The SMILES string of the molecule is CC(C)[C@H](N)C(=O)N1CCCC(COc2ccccc2Cl)C1. The minimum atomic E-state index is -0.414. The summed E-state index contributed by atoms with van der Waals surface area (Å²) in [5.41, 5.74) is 5.98. The number of para-hydroxylation sites is 1. The molecule has 2 rings (SSSR count). The molecular formula is C17H25ClN2O2. The van der Waals surface area contributed by atoms with Gasteiger partial charge < -0.3 is 15.4 Å². The van der Waals surface area contributed by atoms with Gasteiger partial charge in [-0.05, 0) is 30.9 Å². The van der Waals surface area contributed by atoms with Crippen molar-refractivity contribution in [3.8, 4) is 5.75 Å². The smallest absolute Gasteiger partial charge is 0.239 e. The van der Waals surface area contributed by atoms with E-state index in [1.807, 2.05) is 43.0 Å². The highest BCUT2D eigenvalue weighted by molar-refractivity contribution is 6.32. The molecule has 2 atom stereocenters. The second-order valence-corrected chi connectivity index (χ2v) is 6.71. The summed E-state index contributed by atoms with van der Waals surface area (Å²) in [4.78, 5) is 14.2. The van der Waals surface area contributed by atoms with Gasteiger partial charge in [0.2, 0.25) is 5.91 Å². The molecule has 0 aliphatic carbocycles. The summed E-state index contributed by atoms with van der Waals surface area (Å²) in [6.45, 7) is 6.03. The summed E-state index contributed by atoms with van der Waals surface area (Å²) in [6, 6.07) is 7.05. The van der Waals surface area contributed by atoms with Crippen LogP contribution in [-0.2, 0) is 4.79 Å². The average molecular weight is 325 g/mol. The fraction of sp³-hybridized carbons (Fsp3) is 0.588. The third-order valence-electron chi connectivity index (χ3n) is 4.15. The summed E-state index contributed by atoms with van der Waals surface area (Å²) in [5.74, 6) is 1.24. The van der Waals surface area contributed by atoms with E-state index >= 15 is 0 Å². The molecule has 0 saturated carbocycles. The number of likely N-dealkylation sites (tertiary alicyclic amines) is 1. The standard InChI is InChI=1S/C17H25ClN2O2/c1-12(2)16(19)17(21)20-9-5-6-13(10-20)11-22-15-8-4-3-7-14(15)18/h3-4,7-8,12-13,16H,5-6,9-11,19H2,1-2H3/t13?,16-/m0/s1. The van der Waals surface area contributed by atoms with Crippen molar-refractivity contribution < 1.29 is 9.53 Å². The van der Waals surface area contributed by atoms with Gasteiger partial charge in [0, 0.05) is 19.0 Å². The Bertz CT molecular complexity index is 507. The number of carbonyl (C=O) groups excluding carboxylic acids is 1. The van der Waals surface area contributed by atoms with Crippen LogP contribution in [0.3, 0.4) is 0 Å². The van der Waals surface area contributed by atoms with E-state index in [0.29, 0.717) is 29.8 Å². The Balaban J connectivity index is 1.88. The Morgan fingerprint density at radius 2 is 2.18 bits per heavy atom. The molecule has 122 valence electrons. The number of piperidine rings is 1. The maximum Gasteiger partial charge on any atom is 0.239 e. The van der Waals surface area contributed by atoms with Crippen molar-refractivity contribution in [2.75, 3.05) is 19.7 Å². The van der Waals surface area contributed by atoms with Crippen LogP contribution < -0.4 is 10.5 Å². The van der Waals surface area contributed by atoms with E-state index in [1.54, 1.807) is 0 Å². The monoisotopic (exact) mass is 324 g/mol. The maximum atomic E-state index is 12.4. The topological polar surface area (TPSA) is 55.6 Å². The predicted octanol–water partition coefficient (Wildman–Crippen LogP) is 2.94. The summed E-state index contributed by atoms with van der Waals surface area (Å²) in [5, 5.41) is 0.619. The van der Waals surface area contributed by atoms with E-state index in [-0.39, 0.29) is 11.8 Å². The number of hydrogen-bond donors (Lipinski definition) is 1. The Labute approximate surface area is 137 Å². The number of nitrogens with zero attached hydrogens (tertiary/aromatic N) is 1. The van der Waals surface area contributed by atoms with Gasteiger partial charge in [-0.15, -0.1) is 0 Å². The second kappa shape index (κ2) is 7.84. The molecule has 1 heterocycles. The van der Waals surface area contributed by atoms with E-state index in [1.165, 1.54) is 0 Å². The number of ether oxygens (including phenoxy) is 1. The van der Waals surface area contributed by atoms with Crippen molar-refractivity contribution in [2.24, 2.45) is 17.6 Å². The molecule has 1 unspecified atom stereocenters. The van der Waals surface area contributed by atoms with Crippen molar-refractivity contribution in [3.05, 3.63) is 29.3 Å². The lowest BCUT2D eigenvalue weighted by Crippen LogP contribution is -2.50. The molecule has 0 radical (unpaired) electrons. The number of rotatable bonds is 5. The third-order valence-corrected chi connectivity index (χ3v) is 4.46. The molecule has 1 aromatic carbocycles. The van der Waals surface area contributed by atoms with Gasteiger partial charge in [-0.3, -0.25) is 4.79 Å². The molecule has 1 aromatic rings. The maximum absolute atomic E-state index is 12.4. The van der Waals surface area contributed by atoms with Crippen LogP contribution in [0.1, 0.15) is 26.7 Å². The molecule has 1 aliphatic heterocycles. The minimum absolute atomic E-state index is 0.0532. The molecule has 0 spiro atoms. The molecule has 1 aliphatic rings. The fourth-order valence-electron chi connectivity index (χ4n) is 2.67. The lowest BCUT2D eigenvalue weighted by molar-refractivity contribution is -0.135. The zero-order valence-corrected chi connectivity index (χ0v) is 14.1.